The molecule has 0 atom stereocenters. The Labute approximate surface area is 163 Å². The van der Waals surface area contributed by atoms with E-state index < -0.39 is 15.9 Å². The average molecular weight is 397 g/mol. The maximum absolute atomic E-state index is 12.7. The third-order valence-electron chi connectivity index (χ3n) is 3.91. The van der Waals surface area contributed by atoms with Crippen LogP contribution < -0.4 is 14.8 Å². The van der Waals surface area contributed by atoms with Gasteiger partial charge in [0.25, 0.3) is 15.9 Å². The Kier molecular flexibility index (Phi) is 5.60. The molecule has 1 amide bonds. The Morgan fingerprint density at radius 1 is 1.04 bits per heavy atom. The molecular formula is C20H19N3O4S. The van der Waals surface area contributed by atoms with Crippen LogP contribution in [0.5, 0.6) is 5.75 Å². The Morgan fingerprint density at radius 2 is 1.79 bits per heavy atom. The molecule has 1 heterocycles. The number of aryl methyl sites for hydroxylation is 1. The fourth-order valence-electron chi connectivity index (χ4n) is 2.54. The monoisotopic (exact) mass is 397 g/mol. The number of para-hydroxylation sites is 1. The number of sulfonamides is 1. The van der Waals surface area contributed by atoms with Gasteiger partial charge in [0, 0.05) is 11.9 Å². The second kappa shape index (κ2) is 8.10. The van der Waals surface area contributed by atoms with Crippen LogP contribution in [-0.2, 0) is 10.0 Å². The van der Waals surface area contributed by atoms with E-state index in [9.17, 15) is 13.2 Å². The molecule has 0 aliphatic heterocycles. The first-order chi connectivity index (χ1) is 13.4. The molecule has 3 aromatic rings. The summed E-state index contributed by atoms with van der Waals surface area (Å²) in [7, 11) is -2.52. The van der Waals surface area contributed by atoms with Gasteiger partial charge in [-0.1, -0.05) is 18.2 Å². The zero-order valence-corrected chi connectivity index (χ0v) is 16.2. The summed E-state index contributed by atoms with van der Waals surface area (Å²) in [4.78, 5) is 16.6. The largest absolute Gasteiger partial charge is 0.496 e. The highest BCUT2D eigenvalue weighted by atomic mass is 32.2. The van der Waals surface area contributed by atoms with E-state index in [-0.39, 0.29) is 22.0 Å². The summed E-state index contributed by atoms with van der Waals surface area (Å²) < 4.78 is 33.1. The van der Waals surface area contributed by atoms with Crippen molar-refractivity contribution in [2.45, 2.75) is 11.8 Å². The van der Waals surface area contributed by atoms with E-state index in [2.05, 4.69) is 15.0 Å². The molecule has 2 aromatic carbocycles. The highest BCUT2D eigenvalue weighted by molar-refractivity contribution is 7.92. The van der Waals surface area contributed by atoms with E-state index in [1.165, 1.54) is 31.5 Å². The molecule has 0 saturated heterocycles. The molecule has 0 unspecified atom stereocenters. The number of anilines is 2. The highest BCUT2D eigenvalue weighted by Crippen LogP contribution is 2.25. The van der Waals surface area contributed by atoms with Crippen LogP contribution in [0.15, 0.2) is 71.8 Å². The van der Waals surface area contributed by atoms with Crippen molar-refractivity contribution in [1.29, 1.82) is 0 Å². The van der Waals surface area contributed by atoms with Gasteiger partial charge in [-0.3, -0.25) is 9.52 Å². The van der Waals surface area contributed by atoms with Crippen molar-refractivity contribution in [3.05, 3.63) is 78.0 Å². The van der Waals surface area contributed by atoms with Crippen molar-refractivity contribution in [2.75, 3.05) is 17.1 Å². The maximum Gasteiger partial charge on any atom is 0.263 e. The van der Waals surface area contributed by atoms with Gasteiger partial charge >= 0.3 is 0 Å². The van der Waals surface area contributed by atoms with Crippen LogP contribution in [0.4, 0.5) is 11.5 Å². The fourth-order valence-corrected chi connectivity index (χ4v) is 3.57. The SMILES string of the molecule is COc1ccc(S(=O)(=O)Nc2cc(C)ccn2)cc1C(=O)Nc1ccccc1. The Balaban J connectivity index is 1.92. The molecule has 0 bridgehead atoms. The maximum atomic E-state index is 12.7. The standard InChI is InChI=1S/C20H19N3O4S/c1-14-10-11-21-19(12-14)23-28(25,26)16-8-9-18(27-2)17(13-16)20(24)22-15-6-4-3-5-7-15/h3-13H,1-2H3,(H,21,23)(H,22,24). The summed E-state index contributed by atoms with van der Waals surface area (Å²) in [6.07, 6.45) is 1.51. The first kappa shape index (κ1) is 19.4. The van der Waals surface area contributed by atoms with Gasteiger partial charge < -0.3 is 10.1 Å². The van der Waals surface area contributed by atoms with E-state index in [0.717, 1.165) is 5.56 Å². The summed E-state index contributed by atoms with van der Waals surface area (Å²) in [6.45, 7) is 1.83. The van der Waals surface area contributed by atoms with Crippen molar-refractivity contribution in [2.24, 2.45) is 0 Å². The third kappa shape index (κ3) is 4.47. The number of ether oxygens (including phenoxy) is 1. The number of pyridine rings is 1. The van der Waals surface area contributed by atoms with Gasteiger partial charge in [-0.05, 0) is 55.0 Å². The van der Waals surface area contributed by atoms with E-state index in [1.54, 1.807) is 36.4 Å². The molecule has 3 rings (SSSR count). The molecule has 8 heteroatoms. The summed E-state index contributed by atoms with van der Waals surface area (Å²) in [5.41, 5.74) is 1.56. The van der Waals surface area contributed by atoms with Gasteiger partial charge in [-0.2, -0.15) is 0 Å². The van der Waals surface area contributed by atoms with Gasteiger partial charge in [-0.25, -0.2) is 13.4 Å². The highest BCUT2D eigenvalue weighted by Gasteiger charge is 2.20. The Bertz CT molecular complexity index is 1100. The minimum Gasteiger partial charge on any atom is -0.496 e. The van der Waals surface area contributed by atoms with E-state index >= 15 is 0 Å². The number of nitrogens with one attached hydrogen (secondary N) is 2. The van der Waals surface area contributed by atoms with E-state index in [4.69, 9.17) is 4.74 Å². The molecule has 0 radical (unpaired) electrons. The number of nitrogens with zero attached hydrogens (tertiary/aromatic N) is 1. The van der Waals surface area contributed by atoms with Gasteiger partial charge in [0.2, 0.25) is 0 Å². The van der Waals surface area contributed by atoms with Crippen LogP contribution in [0.1, 0.15) is 15.9 Å². The number of aromatic nitrogens is 1. The van der Waals surface area contributed by atoms with Crippen molar-refractivity contribution < 1.29 is 17.9 Å². The number of rotatable bonds is 6. The van der Waals surface area contributed by atoms with E-state index in [0.29, 0.717) is 5.69 Å². The van der Waals surface area contributed by atoms with Crippen LogP contribution in [0.2, 0.25) is 0 Å². The van der Waals surface area contributed by atoms with Crippen LogP contribution in [0.25, 0.3) is 0 Å². The predicted octanol–water partition coefficient (Wildman–Crippen LogP) is 3.45. The molecular weight excluding hydrogens is 378 g/mol. The zero-order valence-electron chi connectivity index (χ0n) is 15.3. The van der Waals surface area contributed by atoms with Gasteiger partial charge in [0.05, 0.1) is 17.6 Å². The predicted molar refractivity (Wildman–Crippen MR) is 107 cm³/mol. The van der Waals surface area contributed by atoms with Crippen LogP contribution in [-0.4, -0.2) is 26.4 Å². The second-order valence-electron chi connectivity index (χ2n) is 6.01. The lowest BCUT2D eigenvalue weighted by Crippen LogP contribution is -2.17. The van der Waals surface area contributed by atoms with Crippen LogP contribution >= 0.6 is 0 Å². The van der Waals surface area contributed by atoms with Gasteiger partial charge in [0.15, 0.2) is 0 Å². The lowest BCUT2D eigenvalue weighted by molar-refractivity contribution is 0.102. The summed E-state index contributed by atoms with van der Waals surface area (Å²) >= 11 is 0. The molecule has 28 heavy (non-hydrogen) atoms. The van der Waals surface area contributed by atoms with Crippen molar-refractivity contribution in [3.8, 4) is 5.75 Å². The number of amides is 1. The first-order valence-corrected chi connectivity index (χ1v) is 9.87. The van der Waals surface area contributed by atoms with Gasteiger partial charge in [0.1, 0.15) is 11.6 Å². The molecule has 144 valence electrons. The molecule has 0 aliphatic carbocycles. The summed E-state index contributed by atoms with van der Waals surface area (Å²) in [5, 5.41) is 2.72. The van der Waals surface area contributed by atoms with E-state index in [1.807, 2.05) is 13.0 Å². The lowest BCUT2D eigenvalue weighted by Gasteiger charge is -2.12. The summed E-state index contributed by atoms with van der Waals surface area (Å²) in [5.74, 6) is -0.0130. The number of carbonyl (C=O) groups is 1. The average Bonchev–Trinajstić information content (AvgIpc) is 2.68. The Morgan fingerprint density at radius 3 is 2.46 bits per heavy atom. The number of methoxy groups -OCH3 is 1. The number of carbonyl (C=O) groups excluding carboxylic acids is 1. The third-order valence-corrected chi connectivity index (χ3v) is 5.26. The van der Waals surface area contributed by atoms with Crippen molar-refractivity contribution in [3.63, 3.8) is 0 Å². The molecule has 0 spiro atoms. The minimum absolute atomic E-state index is 0.0742. The minimum atomic E-state index is -3.93. The van der Waals surface area contributed by atoms with Crippen molar-refractivity contribution >= 4 is 27.4 Å². The normalized spacial score (nSPS) is 10.9. The van der Waals surface area contributed by atoms with Gasteiger partial charge in [-0.15, -0.1) is 0 Å². The molecule has 1 aromatic heterocycles. The van der Waals surface area contributed by atoms with Crippen LogP contribution in [0, 0.1) is 6.92 Å². The molecule has 0 saturated carbocycles. The zero-order chi connectivity index (χ0) is 20.1. The number of hydrogen-bond acceptors (Lipinski definition) is 5. The van der Waals surface area contributed by atoms with Crippen LogP contribution in [0.3, 0.4) is 0 Å². The quantitative estimate of drug-likeness (QED) is 0.664. The number of benzene rings is 2. The molecule has 0 fully saturated rings. The molecule has 2 N–H and O–H groups in total. The van der Waals surface area contributed by atoms with Crippen molar-refractivity contribution in [1.82, 2.24) is 4.98 Å². The number of hydrogen-bond donors (Lipinski definition) is 2. The Hall–Kier alpha value is -3.39. The molecule has 7 nitrogen and oxygen atoms in total. The molecule has 0 aliphatic rings. The lowest BCUT2D eigenvalue weighted by atomic mass is 10.2. The smallest absolute Gasteiger partial charge is 0.263 e. The first-order valence-electron chi connectivity index (χ1n) is 8.39. The fraction of sp³-hybridized carbons (Fsp3) is 0.100. The topological polar surface area (TPSA) is 97.4 Å². The summed E-state index contributed by atoms with van der Waals surface area (Å²) in [6, 6.07) is 16.3. The second-order valence-corrected chi connectivity index (χ2v) is 7.69.